The fraction of sp³-hybridized carbons (Fsp3) is 0.111. The van der Waals surface area contributed by atoms with Crippen molar-refractivity contribution in [3.8, 4) is 5.69 Å². The van der Waals surface area contributed by atoms with Gasteiger partial charge in [-0.2, -0.15) is 9.67 Å². The Morgan fingerprint density at radius 2 is 2.07 bits per heavy atom. The molecule has 0 fully saturated rings. The van der Waals surface area contributed by atoms with Crippen molar-refractivity contribution < 1.29 is 0 Å². The Balaban J connectivity index is 2.60. The van der Waals surface area contributed by atoms with Gasteiger partial charge in [0.25, 0.3) is 0 Å². The van der Waals surface area contributed by atoms with E-state index in [0.29, 0.717) is 11.8 Å². The topological polar surface area (TPSA) is 56.7 Å². The molecule has 0 spiro atoms. The zero-order valence-electron chi connectivity index (χ0n) is 7.61. The Hall–Kier alpha value is -1.36. The van der Waals surface area contributed by atoms with Gasteiger partial charge in [0.1, 0.15) is 5.82 Å². The summed E-state index contributed by atoms with van der Waals surface area (Å²) < 4.78 is 2.55. The average Bonchev–Trinajstić information content (AvgIpc) is 2.46. The van der Waals surface area contributed by atoms with Gasteiger partial charge in [0.2, 0.25) is 5.95 Å². The Kier molecular flexibility index (Phi) is 2.25. The van der Waals surface area contributed by atoms with Crippen LogP contribution in [0.2, 0.25) is 0 Å². The molecule has 1 heterocycles. The third kappa shape index (κ3) is 1.50. The van der Waals surface area contributed by atoms with Crippen LogP contribution in [0.3, 0.4) is 0 Å². The second-order valence-electron chi connectivity index (χ2n) is 2.88. The molecule has 2 aromatic rings. The van der Waals surface area contributed by atoms with E-state index in [1.807, 2.05) is 31.2 Å². The number of anilines is 1. The Morgan fingerprint density at radius 3 is 2.64 bits per heavy atom. The van der Waals surface area contributed by atoms with Gasteiger partial charge in [0.15, 0.2) is 0 Å². The molecule has 14 heavy (non-hydrogen) atoms. The van der Waals surface area contributed by atoms with E-state index in [9.17, 15) is 0 Å². The lowest BCUT2D eigenvalue weighted by Crippen LogP contribution is -2.02. The number of hydrogen-bond donors (Lipinski definition) is 1. The maximum absolute atomic E-state index is 5.71. The molecule has 2 N–H and O–H groups in total. The average molecular weight is 253 g/mol. The highest BCUT2D eigenvalue weighted by Crippen LogP contribution is 2.21. The number of hydrogen-bond acceptors (Lipinski definition) is 3. The molecule has 1 aromatic heterocycles. The minimum Gasteiger partial charge on any atom is -0.368 e. The summed E-state index contributed by atoms with van der Waals surface area (Å²) in [5.74, 6) is 1.06. The molecule has 1 aromatic carbocycles. The van der Waals surface area contributed by atoms with E-state index in [4.69, 9.17) is 5.73 Å². The van der Waals surface area contributed by atoms with Gasteiger partial charge in [-0.3, -0.25) is 0 Å². The summed E-state index contributed by atoms with van der Waals surface area (Å²) in [6, 6.07) is 7.73. The number of benzene rings is 1. The van der Waals surface area contributed by atoms with Crippen LogP contribution >= 0.6 is 15.9 Å². The lowest BCUT2D eigenvalue weighted by molar-refractivity contribution is 0.868. The highest BCUT2D eigenvalue weighted by Gasteiger charge is 2.07. The molecular weight excluding hydrogens is 244 g/mol. The number of para-hydroxylation sites is 1. The summed E-state index contributed by atoms with van der Waals surface area (Å²) in [5.41, 5.74) is 6.60. The molecular formula is C9H9BrN4. The van der Waals surface area contributed by atoms with Crippen LogP contribution in [0.5, 0.6) is 0 Å². The van der Waals surface area contributed by atoms with Crippen molar-refractivity contribution in [2.24, 2.45) is 0 Å². The largest absolute Gasteiger partial charge is 0.368 e. The van der Waals surface area contributed by atoms with Crippen LogP contribution in [0.15, 0.2) is 28.7 Å². The molecule has 0 saturated heterocycles. The second-order valence-corrected chi connectivity index (χ2v) is 3.73. The van der Waals surface area contributed by atoms with E-state index in [0.717, 1.165) is 10.2 Å². The number of aryl methyl sites for hydroxylation is 1. The van der Waals surface area contributed by atoms with Crippen LogP contribution < -0.4 is 5.73 Å². The Labute approximate surface area is 89.9 Å². The van der Waals surface area contributed by atoms with Crippen molar-refractivity contribution in [2.45, 2.75) is 6.92 Å². The fourth-order valence-electron chi connectivity index (χ4n) is 1.23. The summed E-state index contributed by atoms with van der Waals surface area (Å²) in [4.78, 5) is 4.04. The van der Waals surface area contributed by atoms with Crippen LogP contribution in [0.25, 0.3) is 5.69 Å². The van der Waals surface area contributed by atoms with E-state index < -0.39 is 0 Å². The quantitative estimate of drug-likeness (QED) is 0.844. The molecule has 0 aliphatic heterocycles. The number of nitrogens with zero attached hydrogens (tertiary/aromatic N) is 3. The van der Waals surface area contributed by atoms with Gasteiger partial charge in [-0.05, 0) is 35.0 Å². The van der Waals surface area contributed by atoms with Gasteiger partial charge < -0.3 is 5.73 Å². The molecule has 0 saturated carbocycles. The normalized spacial score (nSPS) is 10.4. The van der Waals surface area contributed by atoms with Crippen molar-refractivity contribution >= 4 is 21.9 Å². The monoisotopic (exact) mass is 252 g/mol. The molecule has 4 nitrogen and oxygen atoms in total. The van der Waals surface area contributed by atoms with E-state index in [2.05, 4.69) is 26.0 Å². The fourth-order valence-corrected chi connectivity index (χ4v) is 1.68. The Bertz CT molecular complexity index is 464. The molecule has 0 aliphatic carbocycles. The van der Waals surface area contributed by atoms with Crippen LogP contribution in [0.4, 0.5) is 5.95 Å². The van der Waals surface area contributed by atoms with Gasteiger partial charge in [-0.15, -0.1) is 5.10 Å². The number of nitrogen functional groups attached to an aromatic ring is 1. The summed E-state index contributed by atoms with van der Waals surface area (Å²) in [7, 11) is 0. The summed E-state index contributed by atoms with van der Waals surface area (Å²) in [6.45, 7) is 1.81. The van der Waals surface area contributed by atoms with Gasteiger partial charge in [-0.1, -0.05) is 12.1 Å². The highest BCUT2D eigenvalue weighted by atomic mass is 79.9. The summed E-state index contributed by atoms with van der Waals surface area (Å²) in [5, 5.41) is 4.19. The molecule has 0 atom stereocenters. The molecule has 72 valence electrons. The lowest BCUT2D eigenvalue weighted by Gasteiger charge is -2.03. The van der Waals surface area contributed by atoms with Crippen molar-refractivity contribution in [1.82, 2.24) is 14.8 Å². The maximum atomic E-state index is 5.71. The molecule has 0 aliphatic rings. The minimum atomic E-state index is 0.398. The zero-order chi connectivity index (χ0) is 10.1. The predicted octanol–water partition coefficient (Wildman–Crippen LogP) is 1.92. The van der Waals surface area contributed by atoms with E-state index >= 15 is 0 Å². The van der Waals surface area contributed by atoms with Gasteiger partial charge in [0.05, 0.1) is 5.69 Å². The first kappa shape index (κ1) is 9.21. The number of nitrogens with two attached hydrogens (primary N) is 1. The van der Waals surface area contributed by atoms with E-state index in [-0.39, 0.29) is 0 Å². The molecule has 2 rings (SSSR count). The van der Waals surface area contributed by atoms with Crippen LogP contribution in [0, 0.1) is 6.92 Å². The molecule has 0 radical (unpaired) electrons. The van der Waals surface area contributed by atoms with Gasteiger partial charge in [0, 0.05) is 4.47 Å². The predicted molar refractivity (Wildman–Crippen MR) is 58.2 cm³/mol. The van der Waals surface area contributed by atoms with Crippen LogP contribution in [0.1, 0.15) is 5.82 Å². The molecule has 0 unspecified atom stereocenters. The minimum absolute atomic E-state index is 0.398. The molecule has 0 bridgehead atoms. The van der Waals surface area contributed by atoms with E-state index in [1.54, 1.807) is 4.68 Å². The van der Waals surface area contributed by atoms with Crippen LogP contribution in [-0.4, -0.2) is 14.8 Å². The standard InChI is InChI=1S/C9H9BrN4/c1-6-12-9(11)14(13-6)8-5-3-2-4-7(8)10/h2-5H,1H3,(H2,11,12,13). The first-order valence-electron chi connectivity index (χ1n) is 4.12. The molecule has 0 amide bonds. The first-order valence-corrected chi connectivity index (χ1v) is 4.92. The first-order chi connectivity index (χ1) is 6.68. The second kappa shape index (κ2) is 3.42. The van der Waals surface area contributed by atoms with Crippen LogP contribution in [-0.2, 0) is 0 Å². The van der Waals surface area contributed by atoms with Crippen molar-refractivity contribution in [1.29, 1.82) is 0 Å². The third-order valence-electron chi connectivity index (χ3n) is 1.82. The third-order valence-corrected chi connectivity index (χ3v) is 2.49. The highest BCUT2D eigenvalue weighted by molar-refractivity contribution is 9.10. The maximum Gasteiger partial charge on any atom is 0.223 e. The number of aromatic nitrogens is 3. The van der Waals surface area contributed by atoms with Crippen molar-refractivity contribution in [3.63, 3.8) is 0 Å². The van der Waals surface area contributed by atoms with Gasteiger partial charge in [-0.25, -0.2) is 0 Å². The zero-order valence-corrected chi connectivity index (χ0v) is 9.19. The van der Waals surface area contributed by atoms with Gasteiger partial charge >= 0.3 is 0 Å². The van der Waals surface area contributed by atoms with Crippen molar-refractivity contribution in [3.05, 3.63) is 34.6 Å². The SMILES string of the molecule is Cc1nc(N)n(-c2ccccc2Br)n1. The molecule has 5 heteroatoms. The van der Waals surface area contributed by atoms with Crippen molar-refractivity contribution in [2.75, 3.05) is 5.73 Å². The smallest absolute Gasteiger partial charge is 0.223 e. The Morgan fingerprint density at radius 1 is 1.36 bits per heavy atom. The summed E-state index contributed by atoms with van der Waals surface area (Å²) in [6.07, 6.45) is 0. The summed E-state index contributed by atoms with van der Waals surface area (Å²) >= 11 is 3.43. The number of halogens is 1. The van der Waals surface area contributed by atoms with E-state index in [1.165, 1.54) is 0 Å². The number of rotatable bonds is 1. The lowest BCUT2D eigenvalue weighted by atomic mass is 10.3.